The van der Waals surface area contributed by atoms with Crippen molar-refractivity contribution in [2.24, 2.45) is 5.73 Å². The van der Waals surface area contributed by atoms with Gasteiger partial charge in [0.1, 0.15) is 12.1 Å². The Morgan fingerprint density at radius 3 is 1.40 bits per heavy atom. The number of nitrogens with one attached hydrogen (secondary N) is 1. The van der Waals surface area contributed by atoms with Gasteiger partial charge < -0.3 is 25.8 Å². The van der Waals surface area contributed by atoms with E-state index in [1.165, 1.54) is 116 Å². The van der Waals surface area contributed by atoms with Crippen LogP contribution in [-0.4, -0.2) is 89.7 Å². The van der Waals surface area contributed by atoms with Crippen LogP contribution < -0.4 is 11.1 Å². The summed E-state index contributed by atoms with van der Waals surface area (Å²) in [4.78, 5) is 58.7. The van der Waals surface area contributed by atoms with Gasteiger partial charge in [-0.2, -0.15) is 0 Å². The second kappa shape index (κ2) is 31.1. The third-order valence-electron chi connectivity index (χ3n) is 11.6. The molecular weight excluding hydrogens is 663 g/mol. The average Bonchev–Trinajstić information content (AvgIpc) is 3.87. The molecule has 308 valence electrons. The zero-order chi connectivity index (χ0) is 38.4. The summed E-state index contributed by atoms with van der Waals surface area (Å²) >= 11 is 0. The van der Waals surface area contributed by atoms with Gasteiger partial charge >= 0.3 is 0 Å². The smallest absolute Gasteiger partial charge is 0.245 e. The summed E-state index contributed by atoms with van der Waals surface area (Å²) in [5.74, 6) is 0.160. The van der Waals surface area contributed by atoms with Crippen molar-refractivity contribution in [2.45, 2.75) is 219 Å². The molecule has 2 aliphatic rings. The van der Waals surface area contributed by atoms with Crippen LogP contribution in [0.15, 0.2) is 0 Å². The lowest BCUT2D eigenvalue weighted by Crippen LogP contribution is -2.49. The number of likely N-dealkylation sites (tertiary alicyclic amines) is 2. The molecule has 0 aliphatic carbocycles. The highest BCUT2D eigenvalue weighted by molar-refractivity contribution is 5.89. The van der Waals surface area contributed by atoms with Gasteiger partial charge in [0, 0.05) is 45.6 Å². The molecule has 9 heteroatoms. The molecule has 0 radical (unpaired) electrons. The molecule has 0 aromatic rings. The van der Waals surface area contributed by atoms with Crippen LogP contribution >= 0.6 is 0 Å². The normalized spacial score (nSPS) is 17.1. The summed E-state index contributed by atoms with van der Waals surface area (Å²) in [6.07, 6.45) is 33.0. The van der Waals surface area contributed by atoms with E-state index in [4.69, 9.17) is 5.73 Å². The number of unbranched alkanes of at least 4 members (excludes halogenated alkanes) is 20. The summed E-state index contributed by atoms with van der Waals surface area (Å²) in [7, 11) is 0. The second-order valence-electron chi connectivity index (χ2n) is 16.2. The maximum Gasteiger partial charge on any atom is 0.245 e. The lowest BCUT2D eigenvalue weighted by Gasteiger charge is -2.31. The Kier molecular flexibility index (Phi) is 27.6. The predicted octanol–water partition coefficient (Wildman–Crippen LogP) is 9.05. The van der Waals surface area contributed by atoms with Crippen LogP contribution in [0.2, 0.25) is 0 Å². The highest BCUT2D eigenvalue weighted by Gasteiger charge is 2.36. The van der Waals surface area contributed by atoms with Crippen molar-refractivity contribution in [3.05, 3.63) is 0 Å². The maximum absolute atomic E-state index is 13.8. The first kappa shape index (κ1) is 47.0. The summed E-state index contributed by atoms with van der Waals surface area (Å²) in [5.41, 5.74) is 5.83. The number of rotatable bonds is 33. The third kappa shape index (κ3) is 20.4. The molecule has 0 aromatic heterocycles. The van der Waals surface area contributed by atoms with Crippen molar-refractivity contribution in [2.75, 3.05) is 39.3 Å². The van der Waals surface area contributed by atoms with Gasteiger partial charge in [-0.05, 0) is 57.9 Å². The molecule has 53 heavy (non-hydrogen) atoms. The molecule has 2 fully saturated rings. The minimum atomic E-state index is -0.388. The summed E-state index contributed by atoms with van der Waals surface area (Å²) in [5, 5.41) is 3.06. The first-order chi connectivity index (χ1) is 25.9. The Labute approximate surface area is 325 Å². The largest absolute Gasteiger partial charge is 0.354 e. The fourth-order valence-electron chi connectivity index (χ4n) is 8.25. The van der Waals surface area contributed by atoms with E-state index >= 15 is 0 Å². The van der Waals surface area contributed by atoms with Crippen LogP contribution in [0.3, 0.4) is 0 Å². The minimum absolute atomic E-state index is 0.0181. The van der Waals surface area contributed by atoms with E-state index in [0.717, 1.165) is 38.5 Å². The van der Waals surface area contributed by atoms with Crippen LogP contribution in [0.4, 0.5) is 0 Å². The van der Waals surface area contributed by atoms with E-state index in [9.17, 15) is 19.2 Å². The molecule has 2 aliphatic heterocycles. The number of carbonyl (C=O) groups is 4. The molecule has 2 unspecified atom stereocenters. The van der Waals surface area contributed by atoms with E-state index in [1.54, 1.807) is 4.90 Å². The first-order valence-corrected chi connectivity index (χ1v) is 22.8. The molecule has 0 saturated carbocycles. The molecule has 0 aromatic carbocycles. The maximum atomic E-state index is 13.8. The Morgan fingerprint density at radius 1 is 0.547 bits per heavy atom. The number of hydrogen-bond acceptors (Lipinski definition) is 5. The highest BCUT2D eigenvalue weighted by atomic mass is 16.2. The van der Waals surface area contributed by atoms with Gasteiger partial charge in [0.15, 0.2) is 0 Å². The Bertz CT molecular complexity index is 977. The fourth-order valence-corrected chi connectivity index (χ4v) is 8.25. The van der Waals surface area contributed by atoms with Gasteiger partial charge in [-0.15, -0.1) is 0 Å². The molecule has 0 spiro atoms. The molecular formula is C44H83N5O4. The number of carbonyl (C=O) groups excluding carboxylic acids is 4. The lowest BCUT2D eigenvalue weighted by molar-refractivity contribution is -0.144. The van der Waals surface area contributed by atoms with E-state index in [0.29, 0.717) is 77.8 Å². The van der Waals surface area contributed by atoms with Crippen molar-refractivity contribution >= 4 is 23.6 Å². The monoisotopic (exact) mass is 746 g/mol. The van der Waals surface area contributed by atoms with Gasteiger partial charge in [0.2, 0.25) is 23.6 Å². The number of nitrogens with two attached hydrogens (primary N) is 1. The van der Waals surface area contributed by atoms with Gasteiger partial charge in [-0.25, -0.2) is 0 Å². The summed E-state index contributed by atoms with van der Waals surface area (Å²) < 4.78 is 0. The average molecular weight is 746 g/mol. The van der Waals surface area contributed by atoms with Crippen LogP contribution in [0, 0.1) is 0 Å². The van der Waals surface area contributed by atoms with Gasteiger partial charge in [0.25, 0.3) is 0 Å². The summed E-state index contributed by atoms with van der Waals surface area (Å²) in [6, 6.07) is -0.774. The fraction of sp³-hybridized carbons (Fsp3) is 0.909. The van der Waals surface area contributed by atoms with Crippen molar-refractivity contribution in [3.63, 3.8) is 0 Å². The second-order valence-corrected chi connectivity index (χ2v) is 16.2. The molecule has 2 atom stereocenters. The minimum Gasteiger partial charge on any atom is -0.354 e. The molecule has 2 heterocycles. The lowest BCUT2D eigenvalue weighted by atomic mass is 10.0. The molecule has 2 saturated heterocycles. The van der Waals surface area contributed by atoms with Gasteiger partial charge in [-0.3, -0.25) is 19.2 Å². The van der Waals surface area contributed by atoms with Crippen molar-refractivity contribution < 1.29 is 19.2 Å². The highest BCUT2D eigenvalue weighted by Crippen LogP contribution is 2.23. The number of hydrogen-bond donors (Lipinski definition) is 2. The van der Waals surface area contributed by atoms with Gasteiger partial charge in [-0.1, -0.05) is 142 Å². The van der Waals surface area contributed by atoms with E-state index in [2.05, 4.69) is 19.2 Å². The van der Waals surface area contributed by atoms with Crippen LogP contribution in [0.25, 0.3) is 0 Å². The van der Waals surface area contributed by atoms with Crippen molar-refractivity contribution in [3.8, 4) is 0 Å². The van der Waals surface area contributed by atoms with Gasteiger partial charge in [0.05, 0.1) is 0 Å². The first-order valence-electron chi connectivity index (χ1n) is 22.8. The third-order valence-corrected chi connectivity index (χ3v) is 11.6. The molecule has 2 rings (SSSR count). The Balaban J connectivity index is 1.66. The summed E-state index contributed by atoms with van der Waals surface area (Å²) in [6.45, 7) is 7.85. The topological polar surface area (TPSA) is 116 Å². The Hall–Kier alpha value is -2.16. The number of amides is 4. The zero-order valence-corrected chi connectivity index (χ0v) is 34.7. The Morgan fingerprint density at radius 2 is 0.943 bits per heavy atom. The number of nitrogens with zero attached hydrogens (tertiary/aromatic N) is 3. The van der Waals surface area contributed by atoms with Crippen LogP contribution in [-0.2, 0) is 19.2 Å². The molecule has 9 nitrogen and oxygen atoms in total. The standard InChI is InChI=1S/C44H83N5O4/c1-3-5-7-9-11-13-15-17-19-21-23-31-41(50)48-37-25-29-39(48)43(52)46-34-28-36-47(35-27-33-45)44(53)40-30-26-38-49(40)42(51)32-24-22-20-18-16-14-12-10-8-6-4-2/h39-40H,3-38,45H2,1-2H3,(H,46,52). The van der Waals surface area contributed by atoms with Crippen LogP contribution in [0.5, 0.6) is 0 Å². The molecule has 3 N–H and O–H groups in total. The van der Waals surface area contributed by atoms with Crippen molar-refractivity contribution in [1.29, 1.82) is 0 Å². The van der Waals surface area contributed by atoms with E-state index < -0.39 is 0 Å². The molecule has 0 bridgehead atoms. The van der Waals surface area contributed by atoms with E-state index in [1.807, 2.05) is 9.80 Å². The van der Waals surface area contributed by atoms with Crippen molar-refractivity contribution in [1.82, 2.24) is 20.0 Å². The zero-order valence-electron chi connectivity index (χ0n) is 34.7. The van der Waals surface area contributed by atoms with E-state index in [-0.39, 0.29) is 35.7 Å². The molecule has 4 amide bonds. The predicted molar refractivity (Wildman–Crippen MR) is 220 cm³/mol. The SMILES string of the molecule is CCCCCCCCCCCCCC(=O)N1CCCC1C(=O)NCCCN(CCCN)C(=O)C1CCCN1C(=O)CCCCCCCCCCCCC. The quantitative estimate of drug-likeness (QED) is 0.0651. The van der Waals surface area contributed by atoms with Crippen LogP contribution in [0.1, 0.15) is 206 Å².